The van der Waals surface area contributed by atoms with Crippen LogP contribution in [0.3, 0.4) is 0 Å². The molecule has 4 nitrogen and oxygen atoms in total. The van der Waals surface area contributed by atoms with Gasteiger partial charge in [-0.1, -0.05) is 149 Å². The number of hydrogen-bond donors (Lipinski definition) is 0. The van der Waals surface area contributed by atoms with E-state index in [4.69, 9.17) is 16.5 Å². The first-order chi connectivity index (χ1) is 21.4. The van der Waals surface area contributed by atoms with E-state index in [0.717, 1.165) is 48.4 Å². The van der Waals surface area contributed by atoms with Crippen molar-refractivity contribution in [1.82, 2.24) is 0 Å². The van der Waals surface area contributed by atoms with Gasteiger partial charge < -0.3 is 16.5 Å². The first-order valence-corrected chi connectivity index (χ1v) is 25.3. The first kappa shape index (κ1) is 33.0. The fourth-order valence-electron chi connectivity index (χ4n) is 6.43. The summed E-state index contributed by atoms with van der Waals surface area (Å²) in [5.74, 6) is 0. The van der Waals surface area contributed by atoms with Crippen LogP contribution in [0.1, 0.15) is 49.9 Å². The zero-order chi connectivity index (χ0) is 30.9. The van der Waals surface area contributed by atoms with Gasteiger partial charge in [0.25, 0.3) is 0 Å². The molecule has 44 heavy (non-hydrogen) atoms. The van der Waals surface area contributed by atoms with Crippen LogP contribution in [-0.4, -0.2) is 34.2 Å². The second kappa shape index (κ2) is 14.8. The molecule has 4 aromatic rings. The maximum absolute atomic E-state index is 7.79. The highest BCUT2D eigenvalue weighted by Crippen LogP contribution is 2.41. The molecule has 0 amide bonds. The number of hydrogen-bond acceptors (Lipinski definition) is 4. The van der Waals surface area contributed by atoms with Gasteiger partial charge in [-0.15, -0.1) is 0 Å². The minimum Gasteiger partial charge on any atom is -0.415 e. The maximum atomic E-state index is 7.79. The summed E-state index contributed by atoms with van der Waals surface area (Å²) in [7, 11) is -11.5. The van der Waals surface area contributed by atoms with Gasteiger partial charge in [0.1, 0.15) is 0 Å². The highest BCUT2D eigenvalue weighted by atomic mass is 28.5. The topological polar surface area (TPSA) is 36.9 Å². The summed E-state index contributed by atoms with van der Waals surface area (Å²) in [6.45, 7) is 9.06. The summed E-state index contributed by atoms with van der Waals surface area (Å²) in [6, 6.07) is 49.7. The Hall–Kier alpha value is -2.41. The molecule has 0 spiro atoms. The van der Waals surface area contributed by atoms with Crippen molar-refractivity contribution in [3.63, 3.8) is 0 Å². The summed E-state index contributed by atoms with van der Waals surface area (Å²) < 4.78 is 31.1. The predicted molar refractivity (Wildman–Crippen MR) is 190 cm³/mol. The predicted octanol–water partition coefficient (Wildman–Crippen LogP) is 9.04. The van der Waals surface area contributed by atoms with Crippen molar-refractivity contribution in [2.45, 2.75) is 76.0 Å². The van der Waals surface area contributed by atoms with Gasteiger partial charge >= 0.3 is 34.2 Å². The molecule has 1 heterocycles. The molecule has 5 rings (SSSR count). The van der Waals surface area contributed by atoms with Crippen LogP contribution in [-0.2, 0) is 40.6 Å². The van der Waals surface area contributed by atoms with E-state index in [9.17, 15) is 0 Å². The molecule has 0 atom stereocenters. The highest BCUT2D eigenvalue weighted by Gasteiger charge is 2.60. The molecule has 0 saturated carbocycles. The van der Waals surface area contributed by atoms with Gasteiger partial charge in [0.15, 0.2) is 0 Å². The van der Waals surface area contributed by atoms with Crippen LogP contribution < -0.4 is 0 Å². The lowest BCUT2D eigenvalue weighted by molar-refractivity contribution is 0.208. The molecular weight excluding hydrogens is 609 g/mol. The fraction of sp³-hybridized carbons (Fsp3) is 0.333. The molecule has 1 aliphatic heterocycles. The Balaban J connectivity index is 1.68. The quantitative estimate of drug-likeness (QED) is 0.143. The summed E-state index contributed by atoms with van der Waals surface area (Å²) in [5, 5.41) is 0. The smallest absolute Gasteiger partial charge is 0.324 e. The van der Waals surface area contributed by atoms with E-state index in [2.05, 4.69) is 149 Å². The van der Waals surface area contributed by atoms with Crippen LogP contribution in [0.2, 0.25) is 24.2 Å². The molecule has 8 heteroatoms. The Labute approximate surface area is 269 Å². The minimum absolute atomic E-state index is 0.795. The molecule has 0 unspecified atom stereocenters. The van der Waals surface area contributed by atoms with Crippen molar-refractivity contribution in [1.29, 1.82) is 0 Å². The molecule has 1 saturated heterocycles. The van der Waals surface area contributed by atoms with E-state index >= 15 is 0 Å². The first-order valence-electron chi connectivity index (χ1n) is 16.3. The zero-order valence-electron chi connectivity index (χ0n) is 26.8. The van der Waals surface area contributed by atoms with Crippen molar-refractivity contribution in [2.75, 3.05) is 0 Å². The number of rotatable bonds is 12. The van der Waals surface area contributed by atoms with Crippen LogP contribution >= 0.6 is 0 Å². The molecule has 1 fully saturated rings. The van der Waals surface area contributed by atoms with E-state index in [-0.39, 0.29) is 0 Å². The number of benzene rings is 4. The Bertz CT molecular complexity index is 1190. The Morgan fingerprint density at radius 2 is 0.500 bits per heavy atom. The fourth-order valence-corrected chi connectivity index (χ4v) is 30.8. The van der Waals surface area contributed by atoms with E-state index < -0.39 is 34.2 Å². The Morgan fingerprint density at radius 1 is 0.318 bits per heavy atom. The third kappa shape index (κ3) is 8.05. The average molecular weight is 657 g/mol. The summed E-state index contributed by atoms with van der Waals surface area (Å²) in [4.78, 5) is 0. The zero-order valence-corrected chi connectivity index (χ0v) is 30.8. The van der Waals surface area contributed by atoms with Crippen molar-refractivity contribution >= 4 is 34.2 Å². The molecular formula is C36H48O4Si4. The summed E-state index contributed by atoms with van der Waals surface area (Å²) >= 11 is 0. The largest absolute Gasteiger partial charge is 0.415 e. The lowest BCUT2D eigenvalue weighted by Gasteiger charge is -2.53. The van der Waals surface area contributed by atoms with Crippen molar-refractivity contribution in [3.8, 4) is 0 Å². The third-order valence-corrected chi connectivity index (χ3v) is 28.9. The maximum Gasteiger partial charge on any atom is 0.324 e. The molecule has 0 aliphatic carbocycles. The van der Waals surface area contributed by atoms with Gasteiger partial charge in [-0.3, -0.25) is 0 Å². The molecule has 0 aromatic heterocycles. The third-order valence-electron chi connectivity index (χ3n) is 8.91. The Kier molecular flexibility index (Phi) is 11.1. The van der Waals surface area contributed by atoms with Crippen LogP contribution in [0, 0.1) is 0 Å². The molecule has 232 valence electrons. The summed E-state index contributed by atoms with van der Waals surface area (Å²) in [5.41, 5.74) is 5.06. The second-order valence-electron chi connectivity index (χ2n) is 12.1. The van der Waals surface area contributed by atoms with Crippen molar-refractivity contribution in [2.24, 2.45) is 0 Å². The highest BCUT2D eigenvalue weighted by molar-refractivity contribution is 6.94. The Morgan fingerprint density at radius 3 is 0.659 bits per heavy atom. The second-order valence-corrected chi connectivity index (χ2v) is 26.9. The average Bonchev–Trinajstić information content (AvgIpc) is 3.06. The van der Waals surface area contributed by atoms with Crippen LogP contribution in [0.5, 0.6) is 0 Å². The molecule has 4 aromatic carbocycles. The van der Waals surface area contributed by atoms with Gasteiger partial charge in [-0.05, 0) is 46.4 Å². The van der Waals surface area contributed by atoms with E-state index in [1.54, 1.807) is 0 Å². The van der Waals surface area contributed by atoms with Crippen LogP contribution in [0.25, 0.3) is 0 Å². The SMILES string of the molecule is CC[Si]1(Cc2ccccc2)O[Si](CC)(Cc2ccccc2)O[Si](CC)(Cc2ccccc2)O[Si](CC)(Cc2ccccc2)O1. The van der Waals surface area contributed by atoms with E-state index in [1.165, 1.54) is 22.3 Å². The van der Waals surface area contributed by atoms with Crippen molar-refractivity contribution in [3.05, 3.63) is 144 Å². The van der Waals surface area contributed by atoms with Crippen LogP contribution in [0.15, 0.2) is 121 Å². The van der Waals surface area contributed by atoms with Gasteiger partial charge in [0, 0.05) is 24.2 Å². The molecule has 0 bridgehead atoms. The van der Waals surface area contributed by atoms with Gasteiger partial charge in [0.2, 0.25) is 0 Å². The standard InChI is InChI=1S/C36H48O4Si4/c1-5-41(29-33-21-13-9-14-22-33)37-42(6-2,30-34-23-15-10-16-24-34)39-44(8-4,32-36-27-19-12-20-28-36)40-43(7-3,38-41)31-35-25-17-11-18-26-35/h9-28H,5-8,29-32H2,1-4H3. The van der Waals surface area contributed by atoms with E-state index in [0.29, 0.717) is 0 Å². The molecule has 1 aliphatic rings. The van der Waals surface area contributed by atoms with E-state index in [1.807, 2.05) is 0 Å². The lowest BCUT2D eigenvalue weighted by atomic mass is 10.2. The lowest BCUT2D eigenvalue weighted by Crippen LogP contribution is -2.72. The summed E-state index contributed by atoms with van der Waals surface area (Å²) in [6.07, 6.45) is 0. The minimum atomic E-state index is -2.87. The van der Waals surface area contributed by atoms with Gasteiger partial charge in [-0.25, -0.2) is 0 Å². The van der Waals surface area contributed by atoms with Crippen molar-refractivity contribution < 1.29 is 16.5 Å². The van der Waals surface area contributed by atoms with Crippen LogP contribution in [0.4, 0.5) is 0 Å². The van der Waals surface area contributed by atoms with Gasteiger partial charge in [0.05, 0.1) is 0 Å². The normalized spacial score (nSPS) is 27.4. The molecule has 0 radical (unpaired) electrons. The molecule has 0 N–H and O–H groups in total. The van der Waals surface area contributed by atoms with Gasteiger partial charge in [-0.2, -0.15) is 0 Å². The monoisotopic (exact) mass is 656 g/mol.